The Kier molecular flexibility index (Phi) is 4.45. The number of nitrogens with one attached hydrogen (secondary N) is 1. The average molecular weight is 239 g/mol. The van der Waals surface area contributed by atoms with Gasteiger partial charge in [0, 0.05) is 37.3 Å². The first-order chi connectivity index (χ1) is 8.15. The van der Waals surface area contributed by atoms with E-state index in [-0.39, 0.29) is 5.54 Å². The molecule has 0 spiro atoms. The monoisotopic (exact) mass is 239 g/mol. The van der Waals surface area contributed by atoms with E-state index < -0.39 is 0 Å². The van der Waals surface area contributed by atoms with Gasteiger partial charge in [0.05, 0.1) is 0 Å². The molecule has 0 bridgehead atoms. The largest absolute Gasteiger partial charge is 0.329 e. The molecule has 2 rings (SSSR count). The molecular formula is C14H29N3. The van der Waals surface area contributed by atoms with Gasteiger partial charge in [-0.15, -0.1) is 0 Å². The highest BCUT2D eigenvalue weighted by Crippen LogP contribution is 2.26. The molecule has 3 heteroatoms. The second kappa shape index (κ2) is 5.68. The zero-order valence-corrected chi connectivity index (χ0v) is 11.5. The fourth-order valence-electron chi connectivity index (χ4n) is 3.37. The van der Waals surface area contributed by atoms with Gasteiger partial charge in [-0.3, -0.25) is 4.90 Å². The van der Waals surface area contributed by atoms with Gasteiger partial charge in [0.15, 0.2) is 0 Å². The average Bonchev–Trinajstić information content (AvgIpc) is 2.76. The molecule has 0 aromatic heterocycles. The Balaban J connectivity index is 1.91. The van der Waals surface area contributed by atoms with Gasteiger partial charge in [0.2, 0.25) is 0 Å². The molecule has 1 saturated heterocycles. The molecule has 0 radical (unpaired) electrons. The first-order valence-corrected chi connectivity index (χ1v) is 7.37. The third-order valence-corrected chi connectivity index (χ3v) is 4.62. The van der Waals surface area contributed by atoms with Gasteiger partial charge >= 0.3 is 0 Å². The lowest BCUT2D eigenvalue weighted by Gasteiger charge is -2.36. The lowest BCUT2D eigenvalue weighted by Crippen LogP contribution is -2.57. The fourth-order valence-corrected chi connectivity index (χ4v) is 3.37. The van der Waals surface area contributed by atoms with Gasteiger partial charge in [0.25, 0.3) is 0 Å². The molecule has 1 aliphatic heterocycles. The van der Waals surface area contributed by atoms with Crippen LogP contribution in [0.25, 0.3) is 0 Å². The van der Waals surface area contributed by atoms with Crippen LogP contribution in [0.2, 0.25) is 0 Å². The van der Waals surface area contributed by atoms with E-state index in [1.807, 2.05) is 0 Å². The van der Waals surface area contributed by atoms with E-state index in [9.17, 15) is 0 Å². The van der Waals surface area contributed by atoms with E-state index in [0.29, 0.717) is 6.04 Å². The van der Waals surface area contributed by atoms with Crippen molar-refractivity contribution in [2.75, 3.05) is 19.6 Å². The van der Waals surface area contributed by atoms with Crippen LogP contribution in [0.3, 0.4) is 0 Å². The number of likely N-dealkylation sites (tertiary alicyclic amines) is 1. The molecule has 0 aromatic carbocycles. The smallest absolute Gasteiger partial charge is 0.0447 e. The first kappa shape index (κ1) is 13.3. The van der Waals surface area contributed by atoms with E-state index >= 15 is 0 Å². The van der Waals surface area contributed by atoms with Crippen molar-refractivity contribution in [3.63, 3.8) is 0 Å². The Hall–Kier alpha value is -0.120. The van der Waals surface area contributed by atoms with Crippen molar-refractivity contribution in [2.45, 2.75) is 70.0 Å². The third kappa shape index (κ3) is 3.21. The van der Waals surface area contributed by atoms with Crippen LogP contribution in [0.1, 0.15) is 52.4 Å². The Bertz CT molecular complexity index is 236. The summed E-state index contributed by atoms with van der Waals surface area (Å²) in [4.78, 5) is 2.56. The Morgan fingerprint density at radius 2 is 2.00 bits per heavy atom. The van der Waals surface area contributed by atoms with E-state index in [2.05, 4.69) is 24.1 Å². The number of hydrogen-bond acceptors (Lipinski definition) is 3. The van der Waals surface area contributed by atoms with Crippen LogP contribution in [-0.4, -0.2) is 42.2 Å². The van der Waals surface area contributed by atoms with Gasteiger partial charge in [0.1, 0.15) is 0 Å². The highest BCUT2D eigenvalue weighted by molar-refractivity contribution is 5.00. The SMILES string of the molecule is CC(C)N1CCC(CN)(NC2CCCCC2)C1. The minimum atomic E-state index is 0.201. The molecule has 0 aromatic rings. The lowest BCUT2D eigenvalue weighted by atomic mass is 9.90. The van der Waals surface area contributed by atoms with Crippen molar-refractivity contribution < 1.29 is 0 Å². The number of hydrogen-bond donors (Lipinski definition) is 2. The molecule has 1 saturated carbocycles. The third-order valence-electron chi connectivity index (χ3n) is 4.62. The summed E-state index contributed by atoms with van der Waals surface area (Å²) in [6.45, 7) is 7.69. The summed E-state index contributed by atoms with van der Waals surface area (Å²) >= 11 is 0. The molecule has 2 fully saturated rings. The van der Waals surface area contributed by atoms with E-state index in [0.717, 1.165) is 19.1 Å². The van der Waals surface area contributed by atoms with Crippen molar-refractivity contribution in [3.05, 3.63) is 0 Å². The van der Waals surface area contributed by atoms with Crippen molar-refractivity contribution in [1.29, 1.82) is 0 Å². The molecule has 1 heterocycles. The van der Waals surface area contributed by atoms with Crippen LogP contribution in [0, 0.1) is 0 Å². The van der Waals surface area contributed by atoms with E-state index in [1.165, 1.54) is 45.1 Å². The minimum absolute atomic E-state index is 0.201. The fraction of sp³-hybridized carbons (Fsp3) is 1.00. The predicted octanol–water partition coefficient (Wildman–Crippen LogP) is 1.72. The Morgan fingerprint density at radius 3 is 2.53 bits per heavy atom. The number of nitrogens with two attached hydrogens (primary N) is 1. The van der Waals surface area contributed by atoms with Crippen molar-refractivity contribution in [3.8, 4) is 0 Å². The summed E-state index contributed by atoms with van der Waals surface area (Å²) in [7, 11) is 0. The summed E-state index contributed by atoms with van der Waals surface area (Å²) in [6.07, 6.45) is 8.13. The molecule has 100 valence electrons. The zero-order chi connectivity index (χ0) is 12.3. The molecule has 17 heavy (non-hydrogen) atoms. The normalized spacial score (nSPS) is 32.5. The lowest BCUT2D eigenvalue weighted by molar-refractivity contribution is 0.217. The summed E-state index contributed by atoms with van der Waals surface area (Å²) in [5.74, 6) is 0. The molecular weight excluding hydrogens is 210 g/mol. The highest BCUT2D eigenvalue weighted by Gasteiger charge is 2.39. The summed E-state index contributed by atoms with van der Waals surface area (Å²) in [5, 5.41) is 3.90. The van der Waals surface area contributed by atoms with Gasteiger partial charge in [-0.05, 0) is 33.1 Å². The maximum Gasteiger partial charge on any atom is 0.0447 e. The molecule has 1 aliphatic carbocycles. The second-order valence-corrected chi connectivity index (χ2v) is 6.28. The summed E-state index contributed by atoms with van der Waals surface area (Å²) in [5.41, 5.74) is 6.26. The topological polar surface area (TPSA) is 41.3 Å². The van der Waals surface area contributed by atoms with Crippen molar-refractivity contribution >= 4 is 0 Å². The number of nitrogens with zero attached hydrogens (tertiary/aromatic N) is 1. The maximum absolute atomic E-state index is 6.06. The first-order valence-electron chi connectivity index (χ1n) is 7.37. The Morgan fingerprint density at radius 1 is 1.29 bits per heavy atom. The van der Waals surface area contributed by atoms with Crippen LogP contribution in [0.5, 0.6) is 0 Å². The Labute approximate surface area is 106 Å². The molecule has 0 amide bonds. The van der Waals surface area contributed by atoms with Gasteiger partial charge in [-0.25, -0.2) is 0 Å². The summed E-state index contributed by atoms with van der Waals surface area (Å²) < 4.78 is 0. The molecule has 2 aliphatic rings. The van der Waals surface area contributed by atoms with E-state index in [4.69, 9.17) is 5.73 Å². The number of rotatable bonds is 4. The van der Waals surface area contributed by atoms with Crippen LogP contribution >= 0.6 is 0 Å². The van der Waals surface area contributed by atoms with E-state index in [1.54, 1.807) is 0 Å². The van der Waals surface area contributed by atoms with Gasteiger partial charge < -0.3 is 11.1 Å². The van der Waals surface area contributed by atoms with Crippen LogP contribution < -0.4 is 11.1 Å². The quantitative estimate of drug-likeness (QED) is 0.785. The molecule has 3 N–H and O–H groups in total. The molecule has 1 atom stereocenters. The standard InChI is InChI=1S/C14H29N3/c1-12(2)17-9-8-14(10-15,11-17)16-13-6-4-3-5-7-13/h12-13,16H,3-11,15H2,1-2H3. The van der Waals surface area contributed by atoms with Crippen LogP contribution in [0.4, 0.5) is 0 Å². The van der Waals surface area contributed by atoms with Crippen LogP contribution in [0.15, 0.2) is 0 Å². The summed E-state index contributed by atoms with van der Waals surface area (Å²) in [6, 6.07) is 1.37. The van der Waals surface area contributed by atoms with Gasteiger partial charge in [-0.1, -0.05) is 19.3 Å². The van der Waals surface area contributed by atoms with Gasteiger partial charge in [-0.2, -0.15) is 0 Å². The molecule has 3 nitrogen and oxygen atoms in total. The predicted molar refractivity (Wildman–Crippen MR) is 73.1 cm³/mol. The van der Waals surface area contributed by atoms with Crippen molar-refractivity contribution in [2.24, 2.45) is 5.73 Å². The maximum atomic E-state index is 6.06. The van der Waals surface area contributed by atoms with Crippen LogP contribution in [-0.2, 0) is 0 Å². The second-order valence-electron chi connectivity index (χ2n) is 6.28. The van der Waals surface area contributed by atoms with Crippen molar-refractivity contribution in [1.82, 2.24) is 10.2 Å². The zero-order valence-electron chi connectivity index (χ0n) is 11.5. The minimum Gasteiger partial charge on any atom is -0.329 e. The molecule has 1 unspecified atom stereocenters. The highest BCUT2D eigenvalue weighted by atomic mass is 15.2.